The van der Waals surface area contributed by atoms with Crippen LogP contribution in [0.5, 0.6) is 0 Å². The summed E-state index contributed by atoms with van der Waals surface area (Å²) in [7, 11) is 1.82. The van der Waals surface area contributed by atoms with Crippen molar-refractivity contribution in [3.05, 3.63) is 64.7 Å². The van der Waals surface area contributed by atoms with Gasteiger partial charge in [0, 0.05) is 25.7 Å². The van der Waals surface area contributed by atoms with Crippen LogP contribution >= 0.6 is 0 Å². The molecule has 2 aromatic rings. The molecule has 1 aliphatic heterocycles. The van der Waals surface area contributed by atoms with E-state index < -0.39 is 0 Å². The summed E-state index contributed by atoms with van der Waals surface area (Å²) < 4.78 is 0. The number of rotatable bonds is 5. The van der Waals surface area contributed by atoms with Crippen LogP contribution in [0, 0.1) is 6.92 Å². The second-order valence-corrected chi connectivity index (χ2v) is 6.68. The molecular formula is C21H24N2O2. The van der Waals surface area contributed by atoms with Gasteiger partial charge in [0.25, 0.3) is 0 Å². The lowest BCUT2D eigenvalue weighted by atomic mass is 9.98. The van der Waals surface area contributed by atoms with E-state index in [0.29, 0.717) is 19.4 Å². The average molecular weight is 336 g/mol. The molecule has 0 saturated carbocycles. The second-order valence-electron chi connectivity index (χ2n) is 6.68. The van der Waals surface area contributed by atoms with Gasteiger partial charge in [-0.3, -0.25) is 9.59 Å². The highest BCUT2D eigenvalue weighted by molar-refractivity contribution is 5.95. The number of hydrogen-bond acceptors (Lipinski definition) is 2. The minimum Gasteiger partial charge on any atom is -0.355 e. The van der Waals surface area contributed by atoms with E-state index in [0.717, 1.165) is 24.1 Å². The third-order valence-electron chi connectivity index (χ3n) is 4.67. The smallest absolute Gasteiger partial charge is 0.227 e. The van der Waals surface area contributed by atoms with E-state index in [2.05, 4.69) is 11.4 Å². The number of nitrogens with zero attached hydrogens (tertiary/aromatic N) is 1. The fourth-order valence-corrected chi connectivity index (χ4v) is 3.28. The van der Waals surface area contributed by atoms with Gasteiger partial charge in [-0.1, -0.05) is 42.0 Å². The molecule has 4 heteroatoms. The molecule has 2 aromatic carbocycles. The van der Waals surface area contributed by atoms with Crippen LogP contribution in [0.2, 0.25) is 0 Å². The first-order chi connectivity index (χ1) is 12.0. The molecule has 0 spiro atoms. The Bertz CT molecular complexity index is 798. The molecule has 0 fully saturated rings. The van der Waals surface area contributed by atoms with Crippen molar-refractivity contribution in [2.24, 2.45) is 0 Å². The maximum atomic E-state index is 12.1. The van der Waals surface area contributed by atoms with Crippen molar-refractivity contribution in [2.45, 2.75) is 32.6 Å². The topological polar surface area (TPSA) is 49.4 Å². The first-order valence-electron chi connectivity index (χ1n) is 8.73. The van der Waals surface area contributed by atoms with Crippen LogP contribution in [0.3, 0.4) is 0 Å². The van der Waals surface area contributed by atoms with Gasteiger partial charge in [0.15, 0.2) is 0 Å². The maximum absolute atomic E-state index is 12.1. The van der Waals surface area contributed by atoms with Gasteiger partial charge >= 0.3 is 0 Å². The Balaban J connectivity index is 1.52. The zero-order valence-electron chi connectivity index (χ0n) is 14.8. The quantitative estimate of drug-likeness (QED) is 0.913. The number of nitrogens with one attached hydrogen (secondary N) is 1. The van der Waals surface area contributed by atoms with Gasteiger partial charge in [-0.2, -0.15) is 0 Å². The van der Waals surface area contributed by atoms with Crippen molar-refractivity contribution in [2.75, 3.05) is 18.5 Å². The molecule has 4 nitrogen and oxygen atoms in total. The second kappa shape index (κ2) is 7.51. The minimum atomic E-state index is 0.0499. The first kappa shape index (κ1) is 17.2. The molecular weight excluding hydrogens is 312 g/mol. The summed E-state index contributed by atoms with van der Waals surface area (Å²) in [5.41, 5.74) is 5.62. The molecule has 1 aliphatic rings. The van der Waals surface area contributed by atoms with Crippen LogP contribution in [0.25, 0.3) is 0 Å². The van der Waals surface area contributed by atoms with Crippen molar-refractivity contribution in [3.8, 4) is 0 Å². The number of carbonyl (C=O) groups excluding carboxylic acids is 2. The Hall–Kier alpha value is -2.62. The summed E-state index contributed by atoms with van der Waals surface area (Å²) in [4.78, 5) is 25.5. The molecule has 0 aromatic heterocycles. The Morgan fingerprint density at radius 3 is 2.76 bits per heavy atom. The molecule has 0 aliphatic carbocycles. The Labute approximate surface area is 148 Å². The van der Waals surface area contributed by atoms with E-state index in [-0.39, 0.29) is 11.8 Å². The van der Waals surface area contributed by atoms with E-state index in [1.54, 1.807) is 4.90 Å². The molecule has 25 heavy (non-hydrogen) atoms. The minimum absolute atomic E-state index is 0.0499. The summed E-state index contributed by atoms with van der Waals surface area (Å²) in [6.07, 6.45) is 2.58. The summed E-state index contributed by atoms with van der Waals surface area (Å²) >= 11 is 0. The van der Waals surface area contributed by atoms with Crippen LogP contribution in [0.4, 0.5) is 5.69 Å². The highest BCUT2D eigenvalue weighted by Crippen LogP contribution is 2.27. The van der Waals surface area contributed by atoms with Crippen molar-refractivity contribution >= 4 is 17.5 Å². The summed E-state index contributed by atoms with van der Waals surface area (Å²) in [6, 6.07) is 14.2. The zero-order chi connectivity index (χ0) is 17.8. The lowest BCUT2D eigenvalue weighted by Crippen LogP contribution is -2.31. The molecule has 2 amide bonds. The number of benzene rings is 2. The van der Waals surface area contributed by atoms with Crippen LogP contribution in [-0.4, -0.2) is 25.4 Å². The van der Waals surface area contributed by atoms with Gasteiger partial charge in [0.05, 0.1) is 6.42 Å². The lowest BCUT2D eigenvalue weighted by molar-refractivity contribution is -0.120. The molecule has 0 radical (unpaired) electrons. The monoisotopic (exact) mass is 336 g/mol. The number of amides is 2. The number of fused-ring (bicyclic) bond motifs is 1. The van der Waals surface area contributed by atoms with Crippen LogP contribution in [0.15, 0.2) is 42.5 Å². The van der Waals surface area contributed by atoms with Crippen molar-refractivity contribution in [1.82, 2.24) is 5.32 Å². The van der Waals surface area contributed by atoms with Crippen molar-refractivity contribution in [1.29, 1.82) is 0 Å². The summed E-state index contributed by atoms with van der Waals surface area (Å²) in [5, 5.41) is 2.99. The van der Waals surface area contributed by atoms with Crippen molar-refractivity contribution in [3.63, 3.8) is 0 Å². The number of anilines is 1. The molecule has 1 N–H and O–H groups in total. The number of hydrogen-bond donors (Lipinski definition) is 1. The van der Waals surface area contributed by atoms with E-state index in [9.17, 15) is 9.59 Å². The molecule has 0 atom stereocenters. The molecule has 0 saturated heterocycles. The predicted molar refractivity (Wildman–Crippen MR) is 99.8 cm³/mol. The molecule has 1 heterocycles. The molecule has 0 bridgehead atoms. The highest BCUT2D eigenvalue weighted by atomic mass is 16.2. The SMILES string of the molecule is Cc1cccc(CC(=O)NCCc2ccc3c(c2)CCC(=O)N3C)c1. The average Bonchev–Trinajstić information content (AvgIpc) is 2.58. The Morgan fingerprint density at radius 2 is 1.96 bits per heavy atom. The van der Waals surface area contributed by atoms with E-state index >= 15 is 0 Å². The van der Waals surface area contributed by atoms with Crippen LogP contribution in [-0.2, 0) is 28.9 Å². The third kappa shape index (κ3) is 4.27. The van der Waals surface area contributed by atoms with Gasteiger partial charge in [-0.05, 0) is 42.5 Å². The largest absolute Gasteiger partial charge is 0.355 e. The molecule has 0 unspecified atom stereocenters. The van der Waals surface area contributed by atoms with Gasteiger partial charge in [0.1, 0.15) is 0 Å². The zero-order valence-corrected chi connectivity index (χ0v) is 14.8. The number of carbonyl (C=O) groups is 2. The van der Waals surface area contributed by atoms with Crippen LogP contribution in [0.1, 0.15) is 28.7 Å². The Morgan fingerprint density at radius 1 is 1.12 bits per heavy atom. The molecule has 3 rings (SSSR count). The normalized spacial score (nSPS) is 13.5. The summed E-state index contributed by atoms with van der Waals surface area (Å²) in [6.45, 7) is 2.65. The third-order valence-corrected chi connectivity index (χ3v) is 4.67. The van der Waals surface area contributed by atoms with E-state index in [4.69, 9.17) is 0 Å². The maximum Gasteiger partial charge on any atom is 0.227 e. The lowest BCUT2D eigenvalue weighted by Gasteiger charge is -2.26. The van der Waals surface area contributed by atoms with Gasteiger partial charge in [-0.25, -0.2) is 0 Å². The van der Waals surface area contributed by atoms with Gasteiger partial charge < -0.3 is 10.2 Å². The van der Waals surface area contributed by atoms with Crippen molar-refractivity contribution < 1.29 is 9.59 Å². The van der Waals surface area contributed by atoms with E-state index in [1.807, 2.05) is 50.4 Å². The summed E-state index contributed by atoms with van der Waals surface area (Å²) in [5.74, 6) is 0.220. The van der Waals surface area contributed by atoms with Gasteiger partial charge in [0.2, 0.25) is 11.8 Å². The van der Waals surface area contributed by atoms with E-state index in [1.165, 1.54) is 16.7 Å². The number of aryl methyl sites for hydroxylation is 2. The van der Waals surface area contributed by atoms with Gasteiger partial charge in [-0.15, -0.1) is 0 Å². The predicted octanol–water partition coefficient (Wildman–Crippen LogP) is 2.81. The first-order valence-corrected chi connectivity index (χ1v) is 8.73. The fourth-order valence-electron chi connectivity index (χ4n) is 3.28. The fraction of sp³-hybridized carbons (Fsp3) is 0.333. The Kier molecular flexibility index (Phi) is 5.17. The standard InChI is InChI=1S/C21H24N2O2/c1-15-4-3-5-17(12-15)14-20(24)22-11-10-16-6-8-19-18(13-16)7-9-21(25)23(19)2/h3-6,8,12-13H,7,9-11,14H2,1-2H3,(H,22,24). The highest BCUT2D eigenvalue weighted by Gasteiger charge is 2.20. The molecule has 130 valence electrons. The van der Waals surface area contributed by atoms with Crippen LogP contribution < -0.4 is 10.2 Å².